The minimum atomic E-state index is 0.0806. The third-order valence-electron chi connectivity index (χ3n) is 3.54. The lowest BCUT2D eigenvalue weighted by molar-refractivity contribution is -0.134. The number of halogens is 2. The molecule has 110 valence electrons. The van der Waals surface area contributed by atoms with Crippen LogP contribution in [-0.4, -0.2) is 35.3 Å². The number of alkyl halides is 1. The Hall–Kier alpha value is -0.740. The molecule has 0 aliphatic carbocycles. The van der Waals surface area contributed by atoms with Crippen LogP contribution in [0.3, 0.4) is 0 Å². The summed E-state index contributed by atoms with van der Waals surface area (Å²) in [6, 6.07) is 7.46. The first-order valence-electron chi connectivity index (χ1n) is 6.94. The molecular formula is C15H19BrClNO2. The van der Waals surface area contributed by atoms with Crippen LogP contribution in [0.4, 0.5) is 0 Å². The van der Waals surface area contributed by atoms with Gasteiger partial charge in [0.1, 0.15) is 5.75 Å². The maximum Gasteiger partial charge on any atom is 0.260 e. The van der Waals surface area contributed by atoms with Crippen LogP contribution in [-0.2, 0) is 4.79 Å². The molecule has 1 heterocycles. The van der Waals surface area contributed by atoms with Crippen molar-refractivity contribution in [3.63, 3.8) is 0 Å². The van der Waals surface area contributed by atoms with E-state index in [4.69, 9.17) is 16.3 Å². The molecule has 1 aliphatic rings. The lowest BCUT2D eigenvalue weighted by Crippen LogP contribution is -2.38. The van der Waals surface area contributed by atoms with Crippen LogP contribution in [0.25, 0.3) is 0 Å². The standard InChI is InChI=1S/C15H19BrClNO2/c16-9-1-3-13-4-2-10-18(13)15(19)11-20-14-7-5-12(17)6-8-14/h5-8,13H,1-4,9-11H2. The van der Waals surface area contributed by atoms with Crippen molar-refractivity contribution in [1.82, 2.24) is 4.90 Å². The number of hydrogen-bond acceptors (Lipinski definition) is 2. The smallest absolute Gasteiger partial charge is 0.260 e. The van der Waals surface area contributed by atoms with Crippen LogP contribution in [0.1, 0.15) is 25.7 Å². The zero-order chi connectivity index (χ0) is 14.4. The van der Waals surface area contributed by atoms with Crippen molar-refractivity contribution in [2.24, 2.45) is 0 Å². The monoisotopic (exact) mass is 359 g/mol. The van der Waals surface area contributed by atoms with Gasteiger partial charge in [-0.15, -0.1) is 0 Å². The van der Waals surface area contributed by atoms with Crippen LogP contribution >= 0.6 is 27.5 Å². The maximum absolute atomic E-state index is 12.2. The van der Waals surface area contributed by atoms with Gasteiger partial charge in [0.05, 0.1) is 0 Å². The molecule has 1 saturated heterocycles. The number of hydrogen-bond donors (Lipinski definition) is 0. The van der Waals surface area contributed by atoms with Crippen LogP contribution in [0.5, 0.6) is 5.75 Å². The minimum Gasteiger partial charge on any atom is -0.484 e. The Morgan fingerprint density at radius 1 is 1.40 bits per heavy atom. The molecule has 1 aromatic rings. The summed E-state index contributed by atoms with van der Waals surface area (Å²) in [7, 11) is 0. The second-order valence-electron chi connectivity index (χ2n) is 4.96. The molecule has 1 atom stereocenters. The largest absolute Gasteiger partial charge is 0.484 e. The topological polar surface area (TPSA) is 29.5 Å². The predicted octanol–water partition coefficient (Wildman–Crippen LogP) is 3.88. The van der Waals surface area contributed by atoms with E-state index >= 15 is 0 Å². The highest BCUT2D eigenvalue weighted by Crippen LogP contribution is 2.22. The van der Waals surface area contributed by atoms with Crippen molar-refractivity contribution in [2.75, 3.05) is 18.5 Å². The van der Waals surface area contributed by atoms with Crippen LogP contribution in [0, 0.1) is 0 Å². The number of benzene rings is 1. The van der Waals surface area contributed by atoms with Crippen molar-refractivity contribution in [1.29, 1.82) is 0 Å². The summed E-state index contributed by atoms with van der Waals surface area (Å²) in [4.78, 5) is 14.2. The van der Waals surface area contributed by atoms with Gasteiger partial charge in [-0.1, -0.05) is 27.5 Å². The maximum atomic E-state index is 12.2. The van der Waals surface area contributed by atoms with E-state index in [1.165, 1.54) is 0 Å². The Labute approximate surface area is 133 Å². The van der Waals surface area contributed by atoms with Gasteiger partial charge < -0.3 is 9.64 Å². The first-order valence-corrected chi connectivity index (χ1v) is 8.44. The number of carbonyl (C=O) groups excluding carboxylic acids is 1. The van der Waals surface area contributed by atoms with Crippen molar-refractivity contribution in [2.45, 2.75) is 31.7 Å². The molecule has 1 aromatic carbocycles. The van der Waals surface area contributed by atoms with Gasteiger partial charge in [-0.2, -0.15) is 0 Å². The SMILES string of the molecule is O=C(COc1ccc(Cl)cc1)N1CCCC1CCCBr. The van der Waals surface area contributed by atoms with E-state index in [1.807, 2.05) is 4.90 Å². The second-order valence-corrected chi connectivity index (χ2v) is 6.19. The molecule has 1 fully saturated rings. The number of amides is 1. The Morgan fingerprint density at radius 2 is 2.15 bits per heavy atom. The molecule has 0 saturated carbocycles. The number of likely N-dealkylation sites (tertiary alicyclic amines) is 1. The fourth-order valence-corrected chi connectivity index (χ4v) is 2.99. The molecular weight excluding hydrogens is 342 g/mol. The van der Waals surface area contributed by atoms with Gasteiger partial charge in [0.15, 0.2) is 6.61 Å². The first-order chi connectivity index (χ1) is 9.70. The molecule has 20 heavy (non-hydrogen) atoms. The van der Waals surface area contributed by atoms with Crippen molar-refractivity contribution in [3.8, 4) is 5.75 Å². The molecule has 5 heteroatoms. The highest BCUT2D eigenvalue weighted by molar-refractivity contribution is 9.09. The second kappa shape index (κ2) is 7.89. The highest BCUT2D eigenvalue weighted by Gasteiger charge is 2.28. The summed E-state index contributed by atoms with van der Waals surface area (Å²) < 4.78 is 5.53. The molecule has 0 bridgehead atoms. The van der Waals surface area contributed by atoms with Gasteiger partial charge in [-0.3, -0.25) is 4.79 Å². The molecule has 0 radical (unpaired) electrons. The third-order valence-corrected chi connectivity index (χ3v) is 4.36. The van der Waals surface area contributed by atoms with E-state index < -0.39 is 0 Å². The Bertz CT molecular complexity index is 438. The molecule has 1 unspecified atom stereocenters. The lowest BCUT2D eigenvalue weighted by Gasteiger charge is -2.24. The van der Waals surface area contributed by atoms with Gasteiger partial charge in [0, 0.05) is 22.9 Å². The quantitative estimate of drug-likeness (QED) is 0.720. The van der Waals surface area contributed by atoms with Crippen LogP contribution in [0.15, 0.2) is 24.3 Å². The Morgan fingerprint density at radius 3 is 2.85 bits per heavy atom. The molecule has 1 aliphatic heterocycles. The van der Waals surface area contributed by atoms with Gasteiger partial charge >= 0.3 is 0 Å². The van der Waals surface area contributed by atoms with E-state index in [0.717, 1.165) is 37.6 Å². The molecule has 3 nitrogen and oxygen atoms in total. The fourth-order valence-electron chi connectivity index (χ4n) is 2.54. The third kappa shape index (κ3) is 4.38. The first kappa shape index (κ1) is 15.6. The highest BCUT2D eigenvalue weighted by atomic mass is 79.9. The van der Waals surface area contributed by atoms with Gasteiger partial charge in [-0.05, 0) is 49.9 Å². The zero-order valence-corrected chi connectivity index (χ0v) is 13.7. The summed E-state index contributed by atoms with van der Waals surface area (Å²) in [6.45, 7) is 0.961. The van der Waals surface area contributed by atoms with E-state index in [9.17, 15) is 4.79 Å². The molecule has 0 spiro atoms. The van der Waals surface area contributed by atoms with Gasteiger partial charge in [0.25, 0.3) is 5.91 Å². The van der Waals surface area contributed by atoms with Crippen molar-refractivity contribution >= 4 is 33.4 Å². The minimum absolute atomic E-state index is 0.0806. The summed E-state index contributed by atoms with van der Waals surface area (Å²) in [5, 5.41) is 1.66. The van der Waals surface area contributed by atoms with Crippen LogP contribution in [0.2, 0.25) is 5.02 Å². The molecule has 0 aromatic heterocycles. The van der Waals surface area contributed by atoms with Crippen molar-refractivity contribution < 1.29 is 9.53 Å². The van der Waals surface area contributed by atoms with Crippen LogP contribution < -0.4 is 4.74 Å². The number of ether oxygens (including phenoxy) is 1. The molecule has 1 amide bonds. The van der Waals surface area contributed by atoms with Gasteiger partial charge in [-0.25, -0.2) is 0 Å². The Kier molecular flexibility index (Phi) is 6.17. The number of rotatable bonds is 6. The average Bonchev–Trinajstić information content (AvgIpc) is 2.92. The number of carbonyl (C=O) groups is 1. The summed E-state index contributed by atoms with van der Waals surface area (Å²) in [5.41, 5.74) is 0. The summed E-state index contributed by atoms with van der Waals surface area (Å²) in [6.07, 6.45) is 4.38. The molecule has 0 N–H and O–H groups in total. The summed E-state index contributed by atoms with van der Waals surface area (Å²) >= 11 is 9.25. The molecule has 2 rings (SSSR count). The van der Waals surface area contributed by atoms with E-state index in [1.54, 1.807) is 24.3 Å². The van der Waals surface area contributed by atoms with E-state index in [0.29, 0.717) is 16.8 Å². The van der Waals surface area contributed by atoms with Crippen molar-refractivity contribution in [3.05, 3.63) is 29.3 Å². The zero-order valence-electron chi connectivity index (χ0n) is 11.4. The fraction of sp³-hybridized carbons (Fsp3) is 0.533. The number of nitrogens with zero attached hydrogens (tertiary/aromatic N) is 1. The predicted molar refractivity (Wildman–Crippen MR) is 84.7 cm³/mol. The lowest BCUT2D eigenvalue weighted by atomic mass is 10.1. The Balaban J connectivity index is 1.83. The van der Waals surface area contributed by atoms with E-state index in [-0.39, 0.29) is 12.5 Å². The van der Waals surface area contributed by atoms with Gasteiger partial charge in [0.2, 0.25) is 0 Å². The summed E-state index contributed by atoms with van der Waals surface area (Å²) in [5.74, 6) is 0.760. The van der Waals surface area contributed by atoms with E-state index in [2.05, 4.69) is 15.9 Å². The normalized spacial score (nSPS) is 18.3. The average molecular weight is 361 g/mol.